The highest BCUT2D eigenvalue weighted by molar-refractivity contribution is 7.80. The van der Waals surface area contributed by atoms with E-state index in [4.69, 9.17) is 12.2 Å². The summed E-state index contributed by atoms with van der Waals surface area (Å²) in [5.74, 6) is 0.534. The first kappa shape index (κ1) is 15.5. The highest BCUT2D eigenvalue weighted by Crippen LogP contribution is 2.18. The van der Waals surface area contributed by atoms with Gasteiger partial charge in [0.25, 0.3) is 0 Å². The van der Waals surface area contributed by atoms with Crippen LogP contribution in [0.4, 0.5) is 11.4 Å². The van der Waals surface area contributed by atoms with Gasteiger partial charge in [0.2, 0.25) is 0 Å². The van der Waals surface area contributed by atoms with Gasteiger partial charge >= 0.3 is 0 Å². The molecule has 4 nitrogen and oxygen atoms in total. The van der Waals surface area contributed by atoms with Gasteiger partial charge in [-0.05, 0) is 49.7 Å². The largest absolute Gasteiger partial charge is 0.332 e. The Balaban J connectivity index is 1.99. The zero-order chi connectivity index (χ0) is 15.4. The molecule has 0 aliphatic rings. The van der Waals surface area contributed by atoms with Gasteiger partial charge in [-0.1, -0.05) is 26.0 Å². The first-order valence-electron chi connectivity index (χ1n) is 7.21. The number of thiocarbonyl (C=S) groups is 1. The van der Waals surface area contributed by atoms with Crippen LogP contribution in [0, 0.1) is 6.92 Å². The molecule has 2 aromatic rings. The Kier molecular flexibility index (Phi) is 4.96. The van der Waals surface area contributed by atoms with Crippen LogP contribution in [0.15, 0.2) is 30.5 Å². The van der Waals surface area contributed by atoms with E-state index in [-0.39, 0.29) is 0 Å². The maximum Gasteiger partial charge on any atom is 0.175 e. The molecule has 0 unspecified atom stereocenters. The van der Waals surface area contributed by atoms with E-state index >= 15 is 0 Å². The lowest BCUT2D eigenvalue weighted by Gasteiger charge is -2.11. The number of nitrogens with one attached hydrogen (secondary N) is 2. The van der Waals surface area contributed by atoms with E-state index < -0.39 is 0 Å². The minimum Gasteiger partial charge on any atom is -0.332 e. The fraction of sp³-hybridized carbons (Fsp3) is 0.375. The zero-order valence-electron chi connectivity index (χ0n) is 13.0. The van der Waals surface area contributed by atoms with Crippen molar-refractivity contribution >= 4 is 28.7 Å². The van der Waals surface area contributed by atoms with Gasteiger partial charge in [0.05, 0.1) is 11.4 Å². The molecular weight excluding hydrogens is 280 g/mol. The minimum atomic E-state index is 0.534. The van der Waals surface area contributed by atoms with Crippen LogP contribution in [-0.4, -0.2) is 14.9 Å². The van der Waals surface area contributed by atoms with Crippen LogP contribution >= 0.6 is 12.2 Å². The van der Waals surface area contributed by atoms with Gasteiger partial charge < -0.3 is 10.6 Å². The highest BCUT2D eigenvalue weighted by atomic mass is 32.1. The van der Waals surface area contributed by atoms with E-state index in [0.29, 0.717) is 11.0 Å². The van der Waals surface area contributed by atoms with Gasteiger partial charge in [0.1, 0.15) is 0 Å². The van der Waals surface area contributed by atoms with Gasteiger partial charge in [0, 0.05) is 18.4 Å². The molecule has 0 bridgehead atoms. The fourth-order valence-corrected chi connectivity index (χ4v) is 2.27. The number of rotatable bonds is 4. The van der Waals surface area contributed by atoms with Crippen LogP contribution in [0.2, 0.25) is 0 Å². The number of anilines is 2. The van der Waals surface area contributed by atoms with E-state index in [9.17, 15) is 0 Å². The summed E-state index contributed by atoms with van der Waals surface area (Å²) >= 11 is 5.35. The maximum atomic E-state index is 5.35. The molecule has 1 heterocycles. The molecule has 0 aliphatic heterocycles. The van der Waals surface area contributed by atoms with Crippen molar-refractivity contribution in [3.8, 4) is 0 Å². The molecule has 1 aromatic carbocycles. The normalized spacial score (nSPS) is 10.7. The summed E-state index contributed by atoms with van der Waals surface area (Å²) in [6.07, 6.45) is 1.96. The summed E-state index contributed by atoms with van der Waals surface area (Å²) in [4.78, 5) is 0. The van der Waals surface area contributed by atoms with E-state index in [0.717, 1.165) is 23.6 Å². The van der Waals surface area contributed by atoms with Crippen molar-refractivity contribution in [3.05, 3.63) is 41.7 Å². The van der Waals surface area contributed by atoms with Gasteiger partial charge in [-0.15, -0.1) is 0 Å². The predicted molar refractivity (Wildman–Crippen MR) is 93.0 cm³/mol. The van der Waals surface area contributed by atoms with Crippen molar-refractivity contribution < 1.29 is 0 Å². The third kappa shape index (κ3) is 4.04. The predicted octanol–water partition coefficient (Wildman–Crippen LogP) is 4.14. The van der Waals surface area contributed by atoms with E-state index in [1.54, 1.807) is 0 Å². The van der Waals surface area contributed by atoms with Crippen molar-refractivity contribution in [2.24, 2.45) is 0 Å². The molecule has 0 saturated carbocycles. The summed E-state index contributed by atoms with van der Waals surface area (Å²) in [7, 11) is 0. The van der Waals surface area contributed by atoms with E-state index in [1.807, 2.05) is 29.9 Å². The average Bonchev–Trinajstić information content (AvgIpc) is 2.80. The average molecular weight is 302 g/mol. The van der Waals surface area contributed by atoms with Gasteiger partial charge in [-0.25, -0.2) is 0 Å². The van der Waals surface area contributed by atoms with Crippen LogP contribution in [0.5, 0.6) is 0 Å². The van der Waals surface area contributed by atoms with Crippen molar-refractivity contribution in [2.45, 2.75) is 40.2 Å². The fourth-order valence-electron chi connectivity index (χ4n) is 2.04. The van der Waals surface area contributed by atoms with Crippen LogP contribution < -0.4 is 10.6 Å². The Bertz CT molecular complexity index is 614. The van der Waals surface area contributed by atoms with Crippen molar-refractivity contribution in [3.63, 3.8) is 0 Å². The molecule has 0 spiro atoms. The quantitative estimate of drug-likeness (QED) is 0.833. The number of benzene rings is 1. The lowest BCUT2D eigenvalue weighted by molar-refractivity contribution is 0.653. The topological polar surface area (TPSA) is 41.9 Å². The molecule has 2 N–H and O–H groups in total. The Hall–Kier alpha value is -1.88. The molecule has 0 amide bonds. The number of hydrogen-bond acceptors (Lipinski definition) is 2. The minimum absolute atomic E-state index is 0.534. The van der Waals surface area contributed by atoms with Gasteiger partial charge in [-0.3, -0.25) is 4.68 Å². The van der Waals surface area contributed by atoms with E-state index in [1.165, 1.54) is 5.56 Å². The Morgan fingerprint density at radius 2 is 1.90 bits per heavy atom. The third-order valence-electron chi connectivity index (χ3n) is 3.35. The molecule has 21 heavy (non-hydrogen) atoms. The summed E-state index contributed by atoms with van der Waals surface area (Å²) in [6.45, 7) is 9.24. The van der Waals surface area contributed by atoms with Crippen LogP contribution in [0.1, 0.15) is 37.9 Å². The number of hydrogen-bond donors (Lipinski definition) is 2. The molecule has 0 aliphatic carbocycles. The molecule has 1 aromatic heterocycles. The second kappa shape index (κ2) is 6.72. The highest BCUT2D eigenvalue weighted by Gasteiger charge is 2.06. The summed E-state index contributed by atoms with van der Waals surface area (Å²) in [5.41, 5.74) is 4.18. The number of aryl methyl sites for hydroxylation is 2. The number of aromatic nitrogens is 2. The SMILES string of the molecule is CCn1cc(NC(=S)Nc2ccc(C(C)C)cc2)c(C)n1. The van der Waals surface area contributed by atoms with Crippen LogP contribution in [0.25, 0.3) is 0 Å². The molecule has 0 atom stereocenters. The first-order chi connectivity index (χ1) is 9.99. The molecule has 112 valence electrons. The lowest BCUT2D eigenvalue weighted by Crippen LogP contribution is -2.19. The molecule has 2 rings (SSSR count). The van der Waals surface area contributed by atoms with E-state index in [2.05, 4.69) is 48.6 Å². The molecule has 0 saturated heterocycles. The Labute approximate surface area is 131 Å². The van der Waals surface area contributed by atoms with Gasteiger partial charge in [0.15, 0.2) is 5.11 Å². The van der Waals surface area contributed by atoms with Crippen molar-refractivity contribution in [1.29, 1.82) is 0 Å². The zero-order valence-corrected chi connectivity index (χ0v) is 13.8. The monoisotopic (exact) mass is 302 g/mol. The summed E-state index contributed by atoms with van der Waals surface area (Å²) in [5, 5.41) is 11.3. The second-order valence-electron chi connectivity index (χ2n) is 5.34. The van der Waals surface area contributed by atoms with Crippen LogP contribution in [-0.2, 0) is 6.54 Å². The lowest BCUT2D eigenvalue weighted by atomic mass is 10.0. The molecule has 0 radical (unpaired) electrons. The number of nitrogens with zero attached hydrogens (tertiary/aromatic N) is 2. The molecule has 5 heteroatoms. The molecular formula is C16H22N4S. The van der Waals surface area contributed by atoms with Gasteiger partial charge in [-0.2, -0.15) is 5.10 Å². The van der Waals surface area contributed by atoms with Crippen molar-refractivity contribution in [2.75, 3.05) is 10.6 Å². The van der Waals surface area contributed by atoms with Crippen molar-refractivity contribution in [1.82, 2.24) is 9.78 Å². The summed E-state index contributed by atoms with van der Waals surface area (Å²) in [6, 6.07) is 8.34. The van der Waals surface area contributed by atoms with Crippen LogP contribution in [0.3, 0.4) is 0 Å². The molecule has 0 fully saturated rings. The second-order valence-corrected chi connectivity index (χ2v) is 5.75. The first-order valence-corrected chi connectivity index (χ1v) is 7.62. The Morgan fingerprint density at radius 1 is 1.24 bits per heavy atom. The third-order valence-corrected chi connectivity index (χ3v) is 3.56. The smallest absolute Gasteiger partial charge is 0.175 e. The standard InChI is InChI=1S/C16H22N4S/c1-5-20-10-15(12(4)19-20)18-16(21)17-14-8-6-13(7-9-14)11(2)3/h6-11H,5H2,1-4H3,(H2,17,18,21). The summed E-state index contributed by atoms with van der Waals surface area (Å²) < 4.78 is 1.89. The Morgan fingerprint density at radius 3 is 2.43 bits per heavy atom. The maximum absolute atomic E-state index is 5.35.